The number of aliphatic hydroxyl groups excluding tert-OH is 1. The van der Waals surface area contributed by atoms with Crippen LogP contribution >= 0.6 is 0 Å². The van der Waals surface area contributed by atoms with E-state index in [1.54, 1.807) is 24.4 Å². The predicted molar refractivity (Wildman–Crippen MR) is 86.8 cm³/mol. The van der Waals surface area contributed by atoms with Crippen LogP contribution in [0.2, 0.25) is 0 Å². The van der Waals surface area contributed by atoms with Gasteiger partial charge in [0, 0.05) is 23.9 Å². The third kappa shape index (κ3) is 3.09. The number of nitrogens with zero attached hydrogens (tertiary/aromatic N) is 2. The first-order chi connectivity index (χ1) is 11.2. The quantitative estimate of drug-likeness (QED) is 0.588. The lowest BCUT2D eigenvalue weighted by Gasteiger charge is -2.15. The van der Waals surface area contributed by atoms with E-state index >= 15 is 0 Å². The lowest BCUT2D eigenvalue weighted by molar-refractivity contribution is -0.385. The Bertz CT molecular complexity index is 834. The van der Waals surface area contributed by atoms with Crippen molar-refractivity contribution in [3.8, 4) is 11.3 Å². The van der Waals surface area contributed by atoms with Crippen LogP contribution in [0.15, 0.2) is 72.9 Å². The third-order valence-corrected chi connectivity index (χ3v) is 3.59. The normalized spacial score (nSPS) is 11.9. The van der Waals surface area contributed by atoms with Crippen molar-refractivity contribution in [2.45, 2.75) is 6.10 Å². The molecule has 3 rings (SSSR count). The average molecular weight is 306 g/mol. The fourth-order valence-corrected chi connectivity index (χ4v) is 2.48. The summed E-state index contributed by atoms with van der Waals surface area (Å²) < 4.78 is 0. The Labute approximate surface area is 133 Å². The van der Waals surface area contributed by atoms with Gasteiger partial charge in [0.15, 0.2) is 0 Å². The van der Waals surface area contributed by atoms with Crippen LogP contribution in [0.3, 0.4) is 0 Å². The van der Waals surface area contributed by atoms with Crippen LogP contribution in [0.5, 0.6) is 0 Å². The maximum Gasteiger partial charge on any atom is 0.269 e. The van der Waals surface area contributed by atoms with Crippen LogP contribution in [0.4, 0.5) is 5.69 Å². The van der Waals surface area contributed by atoms with Crippen LogP contribution in [-0.4, -0.2) is 15.0 Å². The molecule has 0 saturated carbocycles. The predicted octanol–water partition coefficient (Wildman–Crippen LogP) is 3.74. The molecule has 114 valence electrons. The van der Waals surface area contributed by atoms with Crippen molar-refractivity contribution in [2.24, 2.45) is 0 Å². The van der Waals surface area contributed by atoms with Gasteiger partial charge in [-0.05, 0) is 23.3 Å². The Morgan fingerprint density at radius 1 is 1.00 bits per heavy atom. The number of benzene rings is 2. The number of aliphatic hydroxyl groups is 1. The molecule has 1 atom stereocenters. The van der Waals surface area contributed by atoms with Gasteiger partial charge in [-0.15, -0.1) is 0 Å². The van der Waals surface area contributed by atoms with Gasteiger partial charge in [-0.3, -0.25) is 15.1 Å². The van der Waals surface area contributed by atoms with Crippen molar-refractivity contribution >= 4 is 5.69 Å². The summed E-state index contributed by atoms with van der Waals surface area (Å²) in [7, 11) is 0. The first-order valence-corrected chi connectivity index (χ1v) is 7.09. The number of non-ortho nitro benzene ring substituents is 1. The molecule has 1 heterocycles. The minimum atomic E-state index is -0.965. The van der Waals surface area contributed by atoms with Crippen molar-refractivity contribution < 1.29 is 10.0 Å². The van der Waals surface area contributed by atoms with Crippen molar-refractivity contribution in [1.29, 1.82) is 0 Å². The van der Waals surface area contributed by atoms with E-state index in [0.29, 0.717) is 11.1 Å². The largest absolute Gasteiger partial charge is 0.384 e. The summed E-state index contributed by atoms with van der Waals surface area (Å²) in [6, 6.07) is 19.0. The van der Waals surface area contributed by atoms with E-state index in [2.05, 4.69) is 4.98 Å². The summed E-state index contributed by atoms with van der Waals surface area (Å²) in [5, 5.41) is 21.6. The number of aromatic nitrogens is 1. The molecular weight excluding hydrogens is 292 g/mol. The van der Waals surface area contributed by atoms with Crippen LogP contribution in [0.25, 0.3) is 11.3 Å². The summed E-state index contributed by atoms with van der Waals surface area (Å²) >= 11 is 0. The van der Waals surface area contributed by atoms with E-state index in [9.17, 15) is 15.2 Å². The highest BCUT2D eigenvalue weighted by molar-refractivity contribution is 5.65. The van der Waals surface area contributed by atoms with Gasteiger partial charge in [0.25, 0.3) is 5.69 Å². The van der Waals surface area contributed by atoms with Gasteiger partial charge in [0.1, 0.15) is 6.10 Å². The molecule has 5 heteroatoms. The second-order valence-corrected chi connectivity index (χ2v) is 5.06. The molecule has 1 N–H and O–H groups in total. The molecular formula is C18H14N2O3. The van der Waals surface area contributed by atoms with Gasteiger partial charge in [-0.1, -0.05) is 42.5 Å². The Morgan fingerprint density at radius 3 is 2.52 bits per heavy atom. The number of hydrogen-bond acceptors (Lipinski definition) is 4. The van der Waals surface area contributed by atoms with E-state index in [1.165, 1.54) is 12.1 Å². The van der Waals surface area contributed by atoms with Crippen LogP contribution in [0, 0.1) is 10.1 Å². The molecule has 0 amide bonds. The maximum absolute atomic E-state index is 10.9. The molecule has 0 radical (unpaired) electrons. The van der Waals surface area contributed by atoms with Gasteiger partial charge in [0.05, 0.1) is 10.6 Å². The minimum Gasteiger partial charge on any atom is -0.384 e. The van der Waals surface area contributed by atoms with Crippen molar-refractivity contribution in [2.75, 3.05) is 0 Å². The maximum atomic E-state index is 10.9. The van der Waals surface area contributed by atoms with Crippen LogP contribution in [0.1, 0.15) is 17.2 Å². The molecule has 5 nitrogen and oxygen atoms in total. The zero-order valence-corrected chi connectivity index (χ0v) is 12.2. The molecule has 0 bridgehead atoms. The number of nitro benzene ring substituents is 1. The van der Waals surface area contributed by atoms with E-state index in [0.717, 1.165) is 11.3 Å². The lowest BCUT2D eigenvalue weighted by Crippen LogP contribution is -2.03. The van der Waals surface area contributed by atoms with Gasteiger partial charge in [-0.25, -0.2) is 0 Å². The van der Waals surface area contributed by atoms with E-state index in [1.807, 2.05) is 36.4 Å². The Kier molecular flexibility index (Phi) is 4.12. The van der Waals surface area contributed by atoms with Crippen LogP contribution < -0.4 is 0 Å². The molecule has 0 aliphatic heterocycles. The fourth-order valence-electron chi connectivity index (χ4n) is 2.48. The molecule has 23 heavy (non-hydrogen) atoms. The highest BCUT2D eigenvalue weighted by atomic mass is 16.6. The molecule has 1 unspecified atom stereocenters. The topological polar surface area (TPSA) is 76.3 Å². The summed E-state index contributed by atoms with van der Waals surface area (Å²) in [6.07, 6.45) is 0.722. The standard InChI is InChI=1S/C18H14N2O3/c21-18(13-6-5-7-14(12-13)20(22)23)16-9-2-1-8-15(16)17-10-3-4-11-19-17/h1-12,18,21H. The minimum absolute atomic E-state index is 0.0446. The van der Waals surface area contributed by atoms with Gasteiger partial charge >= 0.3 is 0 Å². The molecule has 0 aliphatic rings. The zero-order chi connectivity index (χ0) is 16.2. The number of pyridine rings is 1. The first kappa shape index (κ1) is 14.9. The number of hydrogen-bond donors (Lipinski definition) is 1. The monoisotopic (exact) mass is 306 g/mol. The van der Waals surface area contributed by atoms with E-state index in [-0.39, 0.29) is 5.69 Å². The van der Waals surface area contributed by atoms with Gasteiger partial charge in [-0.2, -0.15) is 0 Å². The summed E-state index contributed by atoms with van der Waals surface area (Å²) in [5.74, 6) is 0. The fraction of sp³-hybridized carbons (Fsp3) is 0.0556. The molecule has 0 fully saturated rings. The van der Waals surface area contributed by atoms with Crippen molar-refractivity contribution in [3.05, 3.63) is 94.2 Å². The van der Waals surface area contributed by atoms with Crippen molar-refractivity contribution in [3.63, 3.8) is 0 Å². The smallest absolute Gasteiger partial charge is 0.269 e. The summed E-state index contributed by atoms with van der Waals surface area (Å²) in [6.45, 7) is 0. The van der Waals surface area contributed by atoms with E-state index in [4.69, 9.17) is 0 Å². The zero-order valence-electron chi connectivity index (χ0n) is 12.2. The second kappa shape index (κ2) is 6.37. The number of rotatable bonds is 4. The van der Waals surface area contributed by atoms with Gasteiger partial charge in [0.2, 0.25) is 0 Å². The molecule has 0 saturated heterocycles. The Balaban J connectivity index is 2.05. The van der Waals surface area contributed by atoms with Crippen molar-refractivity contribution in [1.82, 2.24) is 4.98 Å². The Hall–Kier alpha value is -3.05. The molecule has 0 aliphatic carbocycles. The number of nitro groups is 1. The summed E-state index contributed by atoms with van der Waals surface area (Å²) in [4.78, 5) is 14.8. The molecule has 3 aromatic rings. The Morgan fingerprint density at radius 2 is 1.78 bits per heavy atom. The second-order valence-electron chi connectivity index (χ2n) is 5.06. The molecule has 2 aromatic carbocycles. The van der Waals surface area contributed by atoms with E-state index < -0.39 is 11.0 Å². The SMILES string of the molecule is O=[N+]([O-])c1cccc(C(O)c2ccccc2-c2ccccn2)c1. The van der Waals surface area contributed by atoms with Crippen LogP contribution in [-0.2, 0) is 0 Å². The molecule has 1 aromatic heterocycles. The average Bonchev–Trinajstić information content (AvgIpc) is 2.62. The summed E-state index contributed by atoms with van der Waals surface area (Å²) in [5.41, 5.74) is 2.63. The highest BCUT2D eigenvalue weighted by Crippen LogP contribution is 2.31. The first-order valence-electron chi connectivity index (χ1n) is 7.09. The molecule has 0 spiro atoms. The highest BCUT2D eigenvalue weighted by Gasteiger charge is 2.18. The third-order valence-electron chi connectivity index (χ3n) is 3.59. The van der Waals surface area contributed by atoms with Gasteiger partial charge < -0.3 is 5.11 Å². The lowest BCUT2D eigenvalue weighted by atomic mass is 9.95.